The molecule has 5 rings (SSSR count). The average Bonchev–Trinajstić information content (AvgIpc) is 3.49. The molecule has 10 heteroatoms. The van der Waals surface area contributed by atoms with Gasteiger partial charge in [-0.2, -0.15) is 5.10 Å². The number of unbranched alkanes of at least 4 members (excludes halogenated alkanes) is 2. The number of morpholine rings is 1. The summed E-state index contributed by atoms with van der Waals surface area (Å²) in [5, 5.41) is 11.8. The van der Waals surface area contributed by atoms with Gasteiger partial charge in [0.05, 0.1) is 35.1 Å². The van der Waals surface area contributed by atoms with E-state index in [2.05, 4.69) is 32.5 Å². The molecule has 1 amide bonds. The Balaban J connectivity index is 1.39. The van der Waals surface area contributed by atoms with Crippen molar-refractivity contribution in [2.75, 3.05) is 37.7 Å². The molecule has 1 aliphatic heterocycles. The van der Waals surface area contributed by atoms with E-state index in [0.29, 0.717) is 25.5 Å². The first-order chi connectivity index (χ1) is 16.7. The smallest absolute Gasteiger partial charge is 0.217 e. The molecule has 178 valence electrons. The summed E-state index contributed by atoms with van der Waals surface area (Å²) < 4.78 is 6.69. The van der Waals surface area contributed by atoms with Crippen LogP contribution in [-0.2, 0) is 16.1 Å². The predicted octanol–water partition coefficient (Wildman–Crippen LogP) is 3.21. The van der Waals surface area contributed by atoms with Crippen LogP contribution in [0, 0.1) is 0 Å². The molecule has 0 atom stereocenters. The van der Waals surface area contributed by atoms with Crippen molar-refractivity contribution in [2.45, 2.75) is 32.2 Å². The monoisotopic (exact) mass is 479 g/mol. The van der Waals surface area contributed by atoms with Gasteiger partial charge in [-0.15, -0.1) is 11.3 Å². The maximum atomic E-state index is 10.8. The SMILES string of the molecule is NC(=O)CCCCCNCc1cc2nc(-c3cccc4[nH]ncc34)nc(N3CCOCC3)c2s1. The molecule has 9 nitrogen and oxygen atoms in total. The molecule has 0 saturated carbocycles. The van der Waals surface area contributed by atoms with Crippen molar-refractivity contribution < 1.29 is 9.53 Å². The number of nitrogens with zero attached hydrogens (tertiary/aromatic N) is 4. The van der Waals surface area contributed by atoms with Gasteiger partial charge in [0, 0.05) is 41.9 Å². The summed E-state index contributed by atoms with van der Waals surface area (Å²) in [4.78, 5) is 24.4. The number of aromatic amines is 1. The van der Waals surface area contributed by atoms with Crippen LogP contribution in [0.5, 0.6) is 0 Å². The van der Waals surface area contributed by atoms with Crippen molar-refractivity contribution in [1.82, 2.24) is 25.5 Å². The first kappa shape index (κ1) is 22.7. The summed E-state index contributed by atoms with van der Waals surface area (Å²) in [5.41, 5.74) is 8.12. The van der Waals surface area contributed by atoms with Crippen LogP contribution in [0.15, 0.2) is 30.5 Å². The highest BCUT2D eigenvalue weighted by Gasteiger charge is 2.21. The maximum absolute atomic E-state index is 10.8. The van der Waals surface area contributed by atoms with Crippen LogP contribution in [0.2, 0.25) is 0 Å². The van der Waals surface area contributed by atoms with E-state index in [1.807, 2.05) is 18.3 Å². The first-order valence-electron chi connectivity index (χ1n) is 11.7. The normalized spacial score (nSPS) is 14.3. The van der Waals surface area contributed by atoms with Crippen LogP contribution >= 0.6 is 11.3 Å². The molecule has 0 unspecified atom stereocenters. The highest BCUT2D eigenvalue weighted by Crippen LogP contribution is 2.35. The van der Waals surface area contributed by atoms with Crippen LogP contribution in [0.25, 0.3) is 32.5 Å². The fourth-order valence-electron chi connectivity index (χ4n) is 4.26. The number of benzene rings is 1. The number of aromatic nitrogens is 4. The predicted molar refractivity (Wildman–Crippen MR) is 135 cm³/mol. The number of primary amides is 1. The van der Waals surface area contributed by atoms with Gasteiger partial charge in [-0.25, -0.2) is 9.97 Å². The fourth-order valence-corrected chi connectivity index (χ4v) is 5.34. The molecule has 1 aromatic carbocycles. The van der Waals surface area contributed by atoms with E-state index in [-0.39, 0.29) is 5.91 Å². The van der Waals surface area contributed by atoms with E-state index in [1.165, 1.54) is 4.88 Å². The molecule has 0 aliphatic carbocycles. The molecule has 1 saturated heterocycles. The number of amides is 1. The second-order valence-corrected chi connectivity index (χ2v) is 9.62. The molecular formula is C24H29N7O2S. The van der Waals surface area contributed by atoms with Crippen LogP contribution in [0.1, 0.15) is 30.6 Å². The summed E-state index contributed by atoms with van der Waals surface area (Å²) in [7, 11) is 0. The standard InChI is InChI=1S/C24H29N7O2S/c25-21(32)7-2-1-3-8-26-14-16-13-20-22(34-16)24(31-9-11-33-12-10-31)29-23(28-20)17-5-4-6-19-18(17)15-27-30-19/h4-6,13,15,26H,1-3,7-12,14H2,(H2,25,32)(H,27,30). The molecule has 4 heterocycles. The Kier molecular flexibility index (Phi) is 6.98. The van der Waals surface area contributed by atoms with Crippen LogP contribution in [-0.4, -0.2) is 58.9 Å². The van der Waals surface area contributed by atoms with Crippen LogP contribution in [0.4, 0.5) is 5.82 Å². The average molecular weight is 480 g/mol. The van der Waals surface area contributed by atoms with E-state index in [1.54, 1.807) is 11.3 Å². The van der Waals surface area contributed by atoms with Gasteiger partial charge in [-0.1, -0.05) is 18.6 Å². The number of hydrogen-bond donors (Lipinski definition) is 3. The topological polar surface area (TPSA) is 122 Å². The summed E-state index contributed by atoms with van der Waals surface area (Å²) in [6.45, 7) is 4.73. The number of hydrogen-bond acceptors (Lipinski definition) is 8. The minimum atomic E-state index is -0.223. The Morgan fingerprint density at radius 3 is 2.94 bits per heavy atom. The van der Waals surface area contributed by atoms with Gasteiger partial charge in [0.25, 0.3) is 0 Å². The number of rotatable bonds is 10. The van der Waals surface area contributed by atoms with Crippen molar-refractivity contribution >= 4 is 44.2 Å². The Hall–Kier alpha value is -3.08. The third kappa shape index (κ3) is 5.03. The lowest BCUT2D eigenvalue weighted by Crippen LogP contribution is -2.36. The zero-order valence-corrected chi connectivity index (χ0v) is 19.9. The van der Waals surface area contributed by atoms with E-state index in [9.17, 15) is 4.79 Å². The second kappa shape index (κ2) is 10.5. The Labute approximate surface area is 201 Å². The highest BCUT2D eigenvalue weighted by atomic mass is 32.1. The largest absolute Gasteiger partial charge is 0.378 e. The molecule has 0 spiro atoms. The Bertz CT molecular complexity index is 1280. The Morgan fingerprint density at radius 2 is 2.09 bits per heavy atom. The van der Waals surface area contributed by atoms with Gasteiger partial charge in [0.1, 0.15) is 0 Å². The van der Waals surface area contributed by atoms with Gasteiger partial charge in [-0.3, -0.25) is 9.89 Å². The molecule has 4 N–H and O–H groups in total. The van der Waals surface area contributed by atoms with Gasteiger partial charge < -0.3 is 20.7 Å². The third-order valence-electron chi connectivity index (χ3n) is 6.02. The minimum Gasteiger partial charge on any atom is -0.378 e. The van der Waals surface area contributed by atoms with Gasteiger partial charge in [0.15, 0.2) is 11.6 Å². The van der Waals surface area contributed by atoms with Crippen molar-refractivity contribution in [1.29, 1.82) is 0 Å². The summed E-state index contributed by atoms with van der Waals surface area (Å²) in [6, 6.07) is 8.24. The zero-order valence-electron chi connectivity index (χ0n) is 19.0. The minimum absolute atomic E-state index is 0.223. The van der Waals surface area contributed by atoms with E-state index in [0.717, 1.165) is 77.9 Å². The van der Waals surface area contributed by atoms with E-state index in [4.69, 9.17) is 20.4 Å². The first-order valence-corrected chi connectivity index (χ1v) is 12.6. The summed E-state index contributed by atoms with van der Waals surface area (Å²) >= 11 is 1.75. The summed E-state index contributed by atoms with van der Waals surface area (Å²) in [5.74, 6) is 1.47. The number of nitrogens with two attached hydrogens (primary N) is 1. The molecule has 3 aromatic heterocycles. The number of thiophene rings is 1. The van der Waals surface area contributed by atoms with Gasteiger partial charge in [0.2, 0.25) is 5.91 Å². The van der Waals surface area contributed by atoms with Crippen LogP contribution < -0.4 is 16.0 Å². The number of H-pyrrole nitrogens is 1. The third-order valence-corrected chi connectivity index (χ3v) is 7.14. The van der Waals surface area contributed by atoms with Gasteiger partial charge >= 0.3 is 0 Å². The molecule has 0 radical (unpaired) electrons. The summed E-state index contributed by atoms with van der Waals surface area (Å²) in [6.07, 6.45) is 5.17. The molecular weight excluding hydrogens is 450 g/mol. The molecule has 4 aromatic rings. The van der Waals surface area contributed by atoms with Gasteiger partial charge in [-0.05, 0) is 31.5 Å². The quantitative estimate of drug-likeness (QED) is 0.299. The molecule has 0 bridgehead atoms. The zero-order chi connectivity index (χ0) is 23.3. The molecule has 1 fully saturated rings. The highest BCUT2D eigenvalue weighted by molar-refractivity contribution is 7.19. The number of anilines is 1. The lowest BCUT2D eigenvalue weighted by Gasteiger charge is -2.28. The van der Waals surface area contributed by atoms with Crippen molar-refractivity contribution in [2.24, 2.45) is 5.73 Å². The molecule has 34 heavy (non-hydrogen) atoms. The number of carbonyl (C=O) groups excluding carboxylic acids is 1. The Morgan fingerprint density at radius 1 is 1.21 bits per heavy atom. The number of carbonyl (C=O) groups is 1. The lowest BCUT2D eigenvalue weighted by atomic mass is 10.1. The lowest BCUT2D eigenvalue weighted by molar-refractivity contribution is -0.118. The number of ether oxygens (including phenoxy) is 1. The molecule has 1 aliphatic rings. The number of nitrogens with one attached hydrogen (secondary N) is 2. The van der Waals surface area contributed by atoms with Crippen molar-refractivity contribution in [3.8, 4) is 11.4 Å². The van der Waals surface area contributed by atoms with Crippen molar-refractivity contribution in [3.05, 3.63) is 35.3 Å². The second-order valence-electron chi connectivity index (χ2n) is 8.49. The van der Waals surface area contributed by atoms with E-state index >= 15 is 0 Å². The van der Waals surface area contributed by atoms with Crippen LogP contribution in [0.3, 0.4) is 0 Å². The van der Waals surface area contributed by atoms with E-state index < -0.39 is 0 Å². The fraction of sp³-hybridized carbons (Fsp3) is 0.417. The number of fused-ring (bicyclic) bond motifs is 2. The maximum Gasteiger partial charge on any atom is 0.217 e. The van der Waals surface area contributed by atoms with Crippen molar-refractivity contribution in [3.63, 3.8) is 0 Å².